The molecule has 1 aliphatic rings. The van der Waals surface area contributed by atoms with Crippen molar-refractivity contribution in [3.8, 4) is 0 Å². The maximum atomic E-state index is 10.4. The summed E-state index contributed by atoms with van der Waals surface area (Å²) in [5.41, 5.74) is 8.59. The van der Waals surface area contributed by atoms with Gasteiger partial charge in [0.05, 0.1) is 11.6 Å². The van der Waals surface area contributed by atoms with E-state index in [2.05, 4.69) is 24.8 Å². The van der Waals surface area contributed by atoms with E-state index in [1.807, 2.05) is 18.3 Å². The SMILES string of the molecule is Nc1ncnc2c(CN3C[C@H](CSc4ccncc4)[C@@H](O)C3)c[nH]c12. The lowest BCUT2D eigenvalue weighted by Crippen LogP contribution is -2.21. The van der Waals surface area contributed by atoms with Crippen LogP contribution in [0.25, 0.3) is 11.0 Å². The van der Waals surface area contributed by atoms with E-state index in [9.17, 15) is 5.11 Å². The summed E-state index contributed by atoms with van der Waals surface area (Å²) in [5.74, 6) is 1.61. The first kappa shape index (κ1) is 16.3. The molecule has 25 heavy (non-hydrogen) atoms. The number of pyridine rings is 1. The molecular formula is C17H20N6OS. The van der Waals surface area contributed by atoms with E-state index in [4.69, 9.17) is 5.73 Å². The number of hydrogen-bond donors (Lipinski definition) is 3. The number of hydrogen-bond acceptors (Lipinski definition) is 7. The van der Waals surface area contributed by atoms with Gasteiger partial charge in [-0.3, -0.25) is 9.88 Å². The Labute approximate surface area is 149 Å². The van der Waals surface area contributed by atoms with Gasteiger partial charge < -0.3 is 15.8 Å². The van der Waals surface area contributed by atoms with Crippen molar-refractivity contribution in [1.29, 1.82) is 0 Å². The van der Waals surface area contributed by atoms with Gasteiger partial charge in [-0.25, -0.2) is 9.97 Å². The first-order valence-corrected chi connectivity index (χ1v) is 9.19. The van der Waals surface area contributed by atoms with Crippen LogP contribution in [0.4, 0.5) is 5.82 Å². The molecule has 0 radical (unpaired) electrons. The van der Waals surface area contributed by atoms with E-state index < -0.39 is 0 Å². The summed E-state index contributed by atoms with van der Waals surface area (Å²) in [6.45, 7) is 2.28. The van der Waals surface area contributed by atoms with Crippen LogP contribution in [0.5, 0.6) is 0 Å². The van der Waals surface area contributed by atoms with Crippen molar-refractivity contribution >= 4 is 28.6 Å². The highest BCUT2D eigenvalue weighted by atomic mass is 32.2. The molecule has 1 saturated heterocycles. The number of nitrogens with zero attached hydrogens (tertiary/aromatic N) is 4. The standard InChI is InChI=1S/C17H20N6OS/c18-17-16-15(21-10-22-17)11(5-20-16)6-23-7-12(14(24)8-23)9-25-13-1-3-19-4-2-13/h1-5,10,12,14,20,24H,6-9H2,(H2,18,21,22)/t12-,14+/m1/s1. The zero-order valence-corrected chi connectivity index (χ0v) is 14.5. The number of anilines is 1. The molecule has 8 heteroatoms. The van der Waals surface area contributed by atoms with E-state index in [-0.39, 0.29) is 12.0 Å². The second-order valence-electron chi connectivity index (χ2n) is 6.31. The minimum atomic E-state index is -0.306. The Morgan fingerprint density at radius 3 is 2.96 bits per heavy atom. The van der Waals surface area contributed by atoms with Crippen LogP contribution in [0.3, 0.4) is 0 Å². The highest BCUT2D eigenvalue weighted by molar-refractivity contribution is 7.99. The highest BCUT2D eigenvalue weighted by Gasteiger charge is 2.31. The van der Waals surface area contributed by atoms with Crippen molar-refractivity contribution in [2.24, 2.45) is 5.92 Å². The normalized spacial score (nSPS) is 21.2. The van der Waals surface area contributed by atoms with Crippen molar-refractivity contribution in [3.05, 3.63) is 42.6 Å². The van der Waals surface area contributed by atoms with E-state index in [1.54, 1.807) is 24.2 Å². The fourth-order valence-corrected chi connectivity index (χ4v) is 4.29. The molecule has 1 fully saturated rings. The molecule has 0 aromatic carbocycles. The highest BCUT2D eigenvalue weighted by Crippen LogP contribution is 2.28. The Morgan fingerprint density at radius 1 is 1.28 bits per heavy atom. The van der Waals surface area contributed by atoms with Crippen LogP contribution in [0, 0.1) is 5.92 Å². The van der Waals surface area contributed by atoms with Gasteiger partial charge in [0.1, 0.15) is 11.8 Å². The molecule has 7 nitrogen and oxygen atoms in total. The third-order valence-electron chi connectivity index (χ3n) is 4.56. The van der Waals surface area contributed by atoms with Gasteiger partial charge in [-0.05, 0) is 12.1 Å². The number of aliphatic hydroxyl groups is 1. The van der Waals surface area contributed by atoms with Crippen LogP contribution in [0.15, 0.2) is 41.9 Å². The largest absolute Gasteiger partial charge is 0.391 e. The minimum absolute atomic E-state index is 0.253. The predicted octanol–water partition coefficient (Wildman–Crippen LogP) is 1.52. The van der Waals surface area contributed by atoms with Crippen molar-refractivity contribution in [2.45, 2.75) is 17.5 Å². The number of aromatic nitrogens is 4. The monoisotopic (exact) mass is 356 g/mol. The summed E-state index contributed by atoms with van der Waals surface area (Å²) >= 11 is 1.77. The van der Waals surface area contributed by atoms with Crippen molar-refractivity contribution < 1.29 is 5.11 Å². The summed E-state index contributed by atoms with van der Waals surface area (Å²) in [7, 11) is 0. The molecule has 2 atom stereocenters. The number of rotatable bonds is 5. The first-order chi connectivity index (χ1) is 12.2. The molecule has 0 spiro atoms. The number of nitrogens with one attached hydrogen (secondary N) is 1. The summed E-state index contributed by atoms with van der Waals surface area (Å²) in [6.07, 6.45) is 6.71. The minimum Gasteiger partial charge on any atom is -0.391 e. The molecule has 130 valence electrons. The van der Waals surface area contributed by atoms with Crippen molar-refractivity contribution in [3.63, 3.8) is 0 Å². The van der Waals surface area contributed by atoms with Gasteiger partial charge in [0.2, 0.25) is 0 Å². The molecule has 0 aliphatic carbocycles. The Morgan fingerprint density at radius 2 is 2.12 bits per heavy atom. The first-order valence-electron chi connectivity index (χ1n) is 8.20. The summed E-state index contributed by atoms with van der Waals surface area (Å²) < 4.78 is 0. The number of aromatic amines is 1. The molecule has 0 bridgehead atoms. The number of aliphatic hydroxyl groups excluding tert-OH is 1. The Kier molecular flexibility index (Phi) is 4.56. The number of nitrogens with two attached hydrogens (primary N) is 1. The molecular weight excluding hydrogens is 336 g/mol. The molecule has 3 aromatic heterocycles. The van der Waals surface area contributed by atoms with E-state index in [0.29, 0.717) is 12.4 Å². The average Bonchev–Trinajstić information content (AvgIpc) is 3.19. The van der Waals surface area contributed by atoms with Crippen molar-refractivity contribution in [1.82, 2.24) is 24.8 Å². The van der Waals surface area contributed by atoms with Crippen LogP contribution in [-0.2, 0) is 6.54 Å². The van der Waals surface area contributed by atoms with Gasteiger partial charge in [0, 0.05) is 60.4 Å². The Hall–Kier alpha value is -2.16. The second kappa shape index (κ2) is 6.99. The maximum Gasteiger partial charge on any atom is 0.151 e. The fraction of sp³-hybridized carbons (Fsp3) is 0.353. The zero-order chi connectivity index (χ0) is 17.2. The summed E-state index contributed by atoms with van der Waals surface area (Å²) in [6, 6.07) is 4.00. The lowest BCUT2D eigenvalue weighted by atomic mass is 10.1. The Balaban J connectivity index is 1.40. The topological polar surface area (TPSA) is 104 Å². The molecule has 0 amide bonds. The van der Waals surface area contributed by atoms with Crippen LogP contribution < -0.4 is 5.73 Å². The number of likely N-dealkylation sites (tertiary alicyclic amines) is 1. The summed E-state index contributed by atoms with van der Waals surface area (Å²) in [5, 5.41) is 10.4. The molecule has 0 unspecified atom stereocenters. The van der Waals surface area contributed by atoms with E-state index >= 15 is 0 Å². The van der Waals surface area contributed by atoms with Crippen LogP contribution in [-0.4, -0.2) is 54.9 Å². The maximum absolute atomic E-state index is 10.4. The third kappa shape index (κ3) is 3.46. The zero-order valence-electron chi connectivity index (χ0n) is 13.7. The molecule has 0 saturated carbocycles. The van der Waals surface area contributed by atoms with Gasteiger partial charge in [0.25, 0.3) is 0 Å². The van der Waals surface area contributed by atoms with Gasteiger partial charge >= 0.3 is 0 Å². The predicted molar refractivity (Wildman–Crippen MR) is 98.0 cm³/mol. The van der Waals surface area contributed by atoms with Crippen molar-refractivity contribution in [2.75, 3.05) is 24.6 Å². The van der Waals surface area contributed by atoms with Gasteiger partial charge in [-0.2, -0.15) is 0 Å². The van der Waals surface area contributed by atoms with Crippen LogP contribution in [0.1, 0.15) is 5.56 Å². The lowest BCUT2D eigenvalue weighted by molar-refractivity contribution is 0.149. The van der Waals surface area contributed by atoms with E-state index in [0.717, 1.165) is 35.4 Å². The Bertz CT molecular complexity index is 855. The number of H-pyrrole nitrogens is 1. The van der Waals surface area contributed by atoms with Crippen LogP contribution in [0.2, 0.25) is 0 Å². The van der Waals surface area contributed by atoms with E-state index in [1.165, 1.54) is 11.2 Å². The fourth-order valence-electron chi connectivity index (χ4n) is 3.25. The smallest absolute Gasteiger partial charge is 0.151 e. The lowest BCUT2D eigenvalue weighted by Gasteiger charge is -2.14. The molecule has 4 heterocycles. The van der Waals surface area contributed by atoms with Gasteiger partial charge in [-0.15, -0.1) is 11.8 Å². The quantitative estimate of drug-likeness (QED) is 0.595. The van der Waals surface area contributed by atoms with Crippen LogP contribution >= 0.6 is 11.8 Å². The number of thioether (sulfide) groups is 1. The number of fused-ring (bicyclic) bond motifs is 1. The summed E-state index contributed by atoms with van der Waals surface area (Å²) in [4.78, 5) is 19.0. The molecule has 4 N–H and O–H groups in total. The molecule has 1 aliphatic heterocycles. The number of β-amino-alcohol motifs (C(OH)–C–C–N with tert-alkyl or cyclic N) is 1. The molecule has 3 aromatic rings. The number of nitrogen functional groups attached to an aromatic ring is 1. The average molecular weight is 356 g/mol. The molecule has 4 rings (SSSR count). The van der Waals surface area contributed by atoms with Gasteiger partial charge in [-0.1, -0.05) is 0 Å². The second-order valence-corrected chi connectivity index (χ2v) is 7.41. The van der Waals surface area contributed by atoms with Gasteiger partial charge in [0.15, 0.2) is 5.82 Å². The third-order valence-corrected chi connectivity index (χ3v) is 5.76.